The molecule has 0 bridgehead atoms. The monoisotopic (exact) mass is 428 g/mol. The molecule has 4 N–H and O–H groups in total. The summed E-state index contributed by atoms with van der Waals surface area (Å²) in [5, 5.41) is 6.75. The number of aromatic nitrogens is 4. The molecule has 0 saturated heterocycles. The molecule has 0 saturated carbocycles. The van der Waals surface area contributed by atoms with Gasteiger partial charge in [0.2, 0.25) is 0 Å². The molecule has 0 aliphatic heterocycles. The van der Waals surface area contributed by atoms with Crippen molar-refractivity contribution in [1.82, 2.24) is 30.6 Å². The van der Waals surface area contributed by atoms with Crippen LogP contribution in [0.2, 0.25) is 0 Å². The lowest BCUT2D eigenvalue weighted by molar-refractivity contribution is 0.655. The highest BCUT2D eigenvalue weighted by Crippen LogP contribution is 2.26. The van der Waals surface area contributed by atoms with Gasteiger partial charge in [0.25, 0.3) is 0 Å². The summed E-state index contributed by atoms with van der Waals surface area (Å²) in [7, 11) is 0. The van der Waals surface area contributed by atoms with Gasteiger partial charge in [-0.15, -0.1) is 0 Å². The first kappa shape index (κ1) is 22.0. The third-order valence-corrected chi connectivity index (χ3v) is 5.42. The summed E-state index contributed by atoms with van der Waals surface area (Å²) >= 11 is 0. The maximum Gasteiger partial charge on any atom is 0.120 e. The molecule has 6 nitrogen and oxygen atoms in total. The Labute approximate surface area is 189 Å². The Morgan fingerprint density at radius 3 is 1.34 bits per heavy atom. The molecule has 166 valence electrons. The lowest BCUT2D eigenvalue weighted by Gasteiger charge is -2.05. The van der Waals surface area contributed by atoms with Crippen LogP contribution in [-0.2, 0) is 13.1 Å². The van der Waals surface area contributed by atoms with Gasteiger partial charge in [-0.05, 0) is 48.2 Å². The SMILES string of the molecule is CCCNCc1ncc(-c2ccc(-c3ccc(-c4cnc(CNCCC)[nH]4)cc3)cc2)[nH]1. The molecule has 0 amide bonds. The number of hydrogen-bond donors (Lipinski definition) is 4. The second-order valence-corrected chi connectivity index (χ2v) is 8.00. The number of aromatic amines is 2. The minimum Gasteiger partial charge on any atom is -0.341 e. The van der Waals surface area contributed by atoms with E-state index in [2.05, 4.69) is 92.9 Å². The predicted molar refractivity (Wildman–Crippen MR) is 131 cm³/mol. The highest BCUT2D eigenvalue weighted by molar-refractivity contribution is 5.71. The number of benzene rings is 2. The molecular formula is C26H32N6. The van der Waals surface area contributed by atoms with Crippen molar-refractivity contribution in [3.63, 3.8) is 0 Å². The number of hydrogen-bond acceptors (Lipinski definition) is 4. The van der Waals surface area contributed by atoms with Gasteiger partial charge in [-0.25, -0.2) is 9.97 Å². The van der Waals surface area contributed by atoms with Crippen LogP contribution in [0.25, 0.3) is 33.6 Å². The van der Waals surface area contributed by atoms with Crippen LogP contribution in [0, 0.1) is 0 Å². The van der Waals surface area contributed by atoms with E-state index in [-0.39, 0.29) is 0 Å². The number of H-pyrrole nitrogens is 2. The van der Waals surface area contributed by atoms with E-state index < -0.39 is 0 Å². The maximum absolute atomic E-state index is 4.48. The van der Waals surface area contributed by atoms with E-state index in [0.717, 1.165) is 73.2 Å². The lowest BCUT2D eigenvalue weighted by Crippen LogP contribution is -2.14. The zero-order chi connectivity index (χ0) is 22.2. The van der Waals surface area contributed by atoms with Gasteiger partial charge >= 0.3 is 0 Å². The van der Waals surface area contributed by atoms with Gasteiger partial charge in [-0.1, -0.05) is 62.4 Å². The number of rotatable bonds is 11. The molecule has 2 heterocycles. The van der Waals surface area contributed by atoms with Gasteiger partial charge in [-0.2, -0.15) is 0 Å². The van der Waals surface area contributed by atoms with E-state index in [1.807, 2.05) is 12.4 Å². The van der Waals surface area contributed by atoms with Gasteiger partial charge in [-0.3, -0.25) is 0 Å². The molecule has 0 atom stereocenters. The van der Waals surface area contributed by atoms with E-state index in [0.29, 0.717) is 0 Å². The summed E-state index contributed by atoms with van der Waals surface area (Å²) in [4.78, 5) is 15.8. The minimum atomic E-state index is 0.769. The lowest BCUT2D eigenvalue weighted by atomic mass is 10.0. The number of imidazole rings is 2. The standard InChI is InChI=1S/C26H32N6/c1-3-13-27-17-25-29-15-23(31-25)21-9-5-19(6-10-21)20-7-11-22(12-8-20)24-16-30-26(32-24)18-28-14-4-2/h5-12,15-16,27-28H,3-4,13-14,17-18H2,1-2H3,(H,29,31)(H,30,32). The first-order valence-electron chi connectivity index (χ1n) is 11.5. The zero-order valence-corrected chi connectivity index (χ0v) is 18.9. The second-order valence-electron chi connectivity index (χ2n) is 8.00. The van der Waals surface area contributed by atoms with E-state index in [4.69, 9.17) is 0 Å². The Kier molecular flexibility index (Phi) is 7.48. The summed E-state index contributed by atoms with van der Waals surface area (Å²) in [5.41, 5.74) is 6.76. The van der Waals surface area contributed by atoms with Gasteiger partial charge < -0.3 is 20.6 Å². The fraction of sp³-hybridized carbons (Fsp3) is 0.308. The van der Waals surface area contributed by atoms with Crippen LogP contribution < -0.4 is 10.6 Å². The molecule has 0 aliphatic carbocycles. The molecular weight excluding hydrogens is 396 g/mol. The van der Waals surface area contributed by atoms with Crippen LogP contribution in [0.4, 0.5) is 0 Å². The molecule has 2 aromatic heterocycles. The molecule has 0 unspecified atom stereocenters. The van der Waals surface area contributed by atoms with Crippen molar-refractivity contribution >= 4 is 0 Å². The Balaban J connectivity index is 1.40. The van der Waals surface area contributed by atoms with Crippen LogP contribution in [-0.4, -0.2) is 33.0 Å². The van der Waals surface area contributed by atoms with E-state index in [1.165, 1.54) is 11.1 Å². The molecule has 4 aromatic rings. The Hall–Kier alpha value is -3.22. The van der Waals surface area contributed by atoms with Crippen LogP contribution in [0.5, 0.6) is 0 Å². The van der Waals surface area contributed by atoms with Crippen molar-refractivity contribution in [3.05, 3.63) is 72.6 Å². The summed E-state index contributed by atoms with van der Waals surface area (Å²) in [6, 6.07) is 17.2. The van der Waals surface area contributed by atoms with Gasteiger partial charge in [0, 0.05) is 0 Å². The second kappa shape index (κ2) is 10.9. The topological polar surface area (TPSA) is 81.4 Å². The van der Waals surface area contributed by atoms with Crippen LogP contribution in [0.1, 0.15) is 38.3 Å². The molecule has 2 aromatic carbocycles. The summed E-state index contributed by atoms with van der Waals surface area (Å²) in [6.45, 7) is 7.87. The van der Waals surface area contributed by atoms with Gasteiger partial charge in [0.05, 0.1) is 36.9 Å². The molecule has 0 fully saturated rings. The number of nitrogens with one attached hydrogen (secondary N) is 4. The van der Waals surface area contributed by atoms with Crippen molar-refractivity contribution in [2.75, 3.05) is 13.1 Å². The minimum absolute atomic E-state index is 0.769. The average molecular weight is 429 g/mol. The van der Waals surface area contributed by atoms with E-state index >= 15 is 0 Å². The molecule has 32 heavy (non-hydrogen) atoms. The van der Waals surface area contributed by atoms with Crippen molar-refractivity contribution < 1.29 is 0 Å². The van der Waals surface area contributed by atoms with E-state index in [9.17, 15) is 0 Å². The smallest absolute Gasteiger partial charge is 0.120 e. The van der Waals surface area contributed by atoms with E-state index in [1.54, 1.807) is 0 Å². The quantitative estimate of drug-likeness (QED) is 0.250. The predicted octanol–water partition coefficient (Wildman–Crippen LogP) is 5.13. The summed E-state index contributed by atoms with van der Waals surface area (Å²) in [5.74, 6) is 1.94. The molecule has 0 aliphatic rings. The third kappa shape index (κ3) is 5.52. The Morgan fingerprint density at radius 2 is 0.969 bits per heavy atom. The third-order valence-electron chi connectivity index (χ3n) is 5.42. The van der Waals surface area contributed by atoms with Crippen molar-refractivity contribution in [2.45, 2.75) is 39.8 Å². The Bertz CT molecular complexity index is 1000. The van der Waals surface area contributed by atoms with Crippen molar-refractivity contribution in [1.29, 1.82) is 0 Å². The normalized spacial score (nSPS) is 11.2. The maximum atomic E-state index is 4.48. The van der Waals surface area contributed by atoms with Gasteiger partial charge in [0.1, 0.15) is 11.6 Å². The molecule has 4 rings (SSSR count). The zero-order valence-electron chi connectivity index (χ0n) is 18.9. The van der Waals surface area contributed by atoms with Crippen LogP contribution in [0.3, 0.4) is 0 Å². The van der Waals surface area contributed by atoms with Crippen molar-refractivity contribution in [3.8, 4) is 33.6 Å². The van der Waals surface area contributed by atoms with Crippen LogP contribution in [0.15, 0.2) is 60.9 Å². The largest absolute Gasteiger partial charge is 0.341 e. The fourth-order valence-corrected chi connectivity index (χ4v) is 3.65. The molecule has 0 radical (unpaired) electrons. The van der Waals surface area contributed by atoms with Gasteiger partial charge in [0.15, 0.2) is 0 Å². The molecule has 6 heteroatoms. The van der Waals surface area contributed by atoms with Crippen LogP contribution >= 0.6 is 0 Å². The summed E-state index contributed by atoms with van der Waals surface area (Å²) < 4.78 is 0. The highest BCUT2D eigenvalue weighted by atomic mass is 15.0. The summed E-state index contributed by atoms with van der Waals surface area (Å²) in [6.07, 6.45) is 6.05. The molecule has 0 spiro atoms. The van der Waals surface area contributed by atoms with Crippen molar-refractivity contribution in [2.24, 2.45) is 0 Å². The first-order chi connectivity index (χ1) is 15.8. The first-order valence-corrected chi connectivity index (χ1v) is 11.5. The highest BCUT2D eigenvalue weighted by Gasteiger charge is 2.06. The fourth-order valence-electron chi connectivity index (χ4n) is 3.65. The average Bonchev–Trinajstić information content (AvgIpc) is 3.50. The Morgan fingerprint density at radius 1 is 0.594 bits per heavy atom. The number of nitrogens with zero attached hydrogens (tertiary/aromatic N) is 2.